The van der Waals surface area contributed by atoms with E-state index in [1.54, 1.807) is 30.6 Å². The summed E-state index contributed by atoms with van der Waals surface area (Å²) in [6.45, 7) is 2.42. The van der Waals surface area contributed by atoms with E-state index < -0.39 is 0 Å². The summed E-state index contributed by atoms with van der Waals surface area (Å²) in [5, 5.41) is 14.5. The first-order chi connectivity index (χ1) is 16.1. The van der Waals surface area contributed by atoms with Gasteiger partial charge in [0.15, 0.2) is 5.16 Å². The van der Waals surface area contributed by atoms with Gasteiger partial charge in [-0.3, -0.25) is 14.2 Å². The molecular weight excluding hydrogens is 434 g/mol. The molecular formula is C25H23N5O2S. The Morgan fingerprint density at radius 2 is 1.67 bits per heavy atom. The number of hydrogen-bond donors (Lipinski definition) is 2. The van der Waals surface area contributed by atoms with Gasteiger partial charge in [0.2, 0.25) is 5.91 Å². The molecule has 2 N–H and O–H groups in total. The quantitative estimate of drug-likeness (QED) is 0.387. The number of aryl methyl sites for hydroxylation is 1. The molecule has 3 aromatic carbocycles. The number of aromatic nitrogens is 3. The number of thioether (sulfide) groups is 1. The lowest BCUT2D eigenvalue weighted by atomic mass is 10.1. The summed E-state index contributed by atoms with van der Waals surface area (Å²) in [6.07, 6.45) is 1.63. The summed E-state index contributed by atoms with van der Waals surface area (Å²) >= 11 is 1.28. The number of anilines is 1. The van der Waals surface area contributed by atoms with Gasteiger partial charge in [-0.05, 0) is 36.2 Å². The fourth-order valence-electron chi connectivity index (χ4n) is 3.30. The van der Waals surface area contributed by atoms with Crippen LogP contribution >= 0.6 is 11.8 Å². The van der Waals surface area contributed by atoms with Gasteiger partial charge < -0.3 is 10.6 Å². The molecule has 33 heavy (non-hydrogen) atoms. The summed E-state index contributed by atoms with van der Waals surface area (Å²) in [7, 11) is 0. The summed E-state index contributed by atoms with van der Waals surface area (Å²) in [5.41, 5.74) is 3.93. The normalized spacial score (nSPS) is 10.6. The molecule has 0 saturated carbocycles. The van der Waals surface area contributed by atoms with Crippen LogP contribution in [-0.4, -0.2) is 32.3 Å². The molecule has 0 unspecified atom stereocenters. The van der Waals surface area contributed by atoms with Crippen LogP contribution in [0.1, 0.15) is 21.5 Å². The SMILES string of the molecule is Cc1ccccc1-n1cnnc1SCC(=O)Nc1ccccc1C(=O)NCc1ccccc1. The van der Waals surface area contributed by atoms with Crippen LogP contribution < -0.4 is 10.6 Å². The highest BCUT2D eigenvalue weighted by Crippen LogP contribution is 2.22. The molecule has 8 heteroatoms. The first-order valence-corrected chi connectivity index (χ1v) is 11.4. The summed E-state index contributed by atoms with van der Waals surface area (Å²) in [6, 6.07) is 24.5. The van der Waals surface area contributed by atoms with Crippen molar-refractivity contribution in [2.75, 3.05) is 11.1 Å². The molecule has 0 aliphatic heterocycles. The maximum Gasteiger partial charge on any atom is 0.253 e. The van der Waals surface area contributed by atoms with Gasteiger partial charge >= 0.3 is 0 Å². The van der Waals surface area contributed by atoms with Crippen molar-refractivity contribution in [3.05, 3.63) is 102 Å². The maximum absolute atomic E-state index is 12.7. The molecule has 166 valence electrons. The van der Waals surface area contributed by atoms with Crippen LogP contribution in [0.5, 0.6) is 0 Å². The Balaban J connectivity index is 1.39. The molecule has 0 aliphatic rings. The highest BCUT2D eigenvalue weighted by molar-refractivity contribution is 7.99. The highest BCUT2D eigenvalue weighted by atomic mass is 32.2. The zero-order chi connectivity index (χ0) is 23.0. The largest absolute Gasteiger partial charge is 0.348 e. The summed E-state index contributed by atoms with van der Waals surface area (Å²) in [4.78, 5) is 25.4. The van der Waals surface area contributed by atoms with Gasteiger partial charge in [-0.1, -0.05) is 72.4 Å². The monoisotopic (exact) mass is 457 g/mol. The number of benzene rings is 3. The van der Waals surface area contributed by atoms with E-state index in [1.165, 1.54) is 11.8 Å². The van der Waals surface area contributed by atoms with Crippen molar-refractivity contribution in [3.63, 3.8) is 0 Å². The lowest BCUT2D eigenvalue weighted by Crippen LogP contribution is -2.25. The van der Waals surface area contributed by atoms with Crippen molar-refractivity contribution in [2.45, 2.75) is 18.6 Å². The second-order valence-electron chi connectivity index (χ2n) is 7.32. The first kappa shape index (κ1) is 22.3. The Morgan fingerprint density at radius 1 is 0.939 bits per heavy atom. The Kier molecular flexibility index (Phi) is 7.16. The minimum Gasteiger partial charge on any atom is -0.348 e. The molecule has 0 fully saturated rings. The van der Waals surface area contributed by atoms with Gasteiger partial charge in [0.1, 0.15) is 6.33 Å². The fraction of sp³-hybridized carbons (Fsp3) is 0.120. The van der Waals surface area contributed by atoms with E-state index >= 15 is 0 Å². The van der Waals surface area contributed by atoms with Gasteiger partial charge in [0, 0.05) is 6.54 Å². The van der Waals surface area contributed by atoms with Crippen LogP contribution in [0, 0.1) is 6.92 Å². The number of amides is 2. The predicted molar refractivity (Wildman–Crippen MR) is 130 cm³/mol. The third kappa shape index (κ3) is 5.67. The summed E-state index contributed by atoms with van der Waals surface area (Å²) < 4.78 is 1.86. The molecule has 0 saturated heterocycles. The predicted octanol–water partition coefficient (Wildman–Crippen LogP) is 4.24. The Morgan fingerprint density at radius 3 is 2.48 bits per heavy atom. The minimum absolute atomic E-state index is 0.130. The Labute approximate surface area is 196 Å². The van der Waals surface area contributed by atoms with E-state index in [-0.39, 0.29) is 17.6 Å². The number of para-hydroxylation sites is 2. The topological polar surface area (TPSA) is 88.9 Å². The molecule has 0 bridgehead atoms. The van der Waals surface area contributed by atoms with E-state index in [9.17, 15) is 9.59 Å². The summed E-state index contributed by atoms with van der Waals surface area (Å²) in [5.74, 6) is -0.353. The van der Waals surface area contributed by atoms with Crippen LogP contribution in [0.15, 0.2) is 90.3 Å². The molecule has 0 spiro atoms. The third-order valence-corrected chi connectivity index (χ3v) is 5.91. The molecule has 2 amide bonds. The third-order valence-electron chi connectivity index (χ3n) is 4.97. The van der Waals surface area contributed by atoms with Crippen LogP contribution in [-0.2, 0) is 11.3 Å². The Hall–Kier alpha value is -3.91. The van der Waals surface area contributed by atoms with E-state index in [2.05, 4.69) is 20.8 Å². The lowest BCUT2D eigenvalue weighted by Gasteiger charge is -2.12. The zero-order valence-electron chi connectivity index (χ0n) is 18.1. The second kappa shape index (κ2) is 10.6. The number of hydrogen-bond acceptors (Lipinski definition) is 5. The maximum atomic E-state index is 12.7. The molecule has 7 nitrogen and oxygen atoms in total. The van der Waals surface area contributed by atoms with Crippen LogP contribution in [0.4, 0.5) is 5.69 Å². The van der Waals surface area contributed by atoms with Crippen molar-refractivity contribution in [1.82, 2.24) is 20.1 Å². The zero-order valence-corrected chi connectivity index (χ0v) is 18.9. The number of carbonyl (C=O) groups is 2. The van der Waals surface area contributed by atoms with Gasteiger partial charge in [0.05, 0.1) is 22.7 Å². The fourth-order valence-corrected chi connectivity index (χ4v) is 4.02. The lowest BCUT2D eigenvalue weighted by molar-refractivity contribution is -0.113. The van der Waals surface area contributed by atoms with E-state index in [0.717, 1.165) is 16.8 Å². The van der Waals surface area contributed by atoms with Crippen LogP contribution in [0.2, 0.25) is 0 Å². The number of carbonyl (C=O) groups excluding carboxylic acids is 2. The van der Waals surface area contributed by atoms with Crippen LogP contribution in [0.3, 0.4) is 0 Å². The van der Waals surface area contributed by atoms with E-state index in [4.69, 9.17) is 0 Å². The van der Waals surface area contributed by atoms with E-state index in [1.807, 2.05) is 66.1 Å². The molecule has 1 heterocycles. The van der Waals surface area contributed by atoms with Gasteiger partial charge in [0.25, 0.3) is 5.91 Å². The molecule has 0 radical (unpaired) electrons. The van der Waals surface area contributed by atoms with Crippen molar-refractivity contribution in [1.29, 1.82) is 0 Å². The molecule has 0 atom stereocenters. The molecule has 4 aromatic rings. The Bertz CT molecular complexity index is 1260. The van der Waals surface area contributed by atoms with Gasteiger partial charge in [-0.25, -0.2) is 0 Å². The van der Waals surface area contributed by atoms with Gasteiger partial charge in [-0.2, -0.15) is 0 Å². The average molecular weight is 458 g/mol. The smallest absolute Gasteiger partial charge is 0.253 e. The highest BCUT2D eigenvalue weighted by Gasteiger charge is 2.15. The average Bonchev–Trinajstić information content (AvgIpc) is 3.31. The second-order valence-corrected chi connectivity index (χ2v) is 8.26. The van der Waals surface area contributed by atoms with Crippen molar-refractivity contribution in [3.8, 4) is 5.69 Å². The van der Waals surface area contributed by atoms with Crippen molar-refractivity contribution < 1.29 is 9.59 Å². The number of nitrogens with one attached hydrogen (secondary N) is 2. The van der Waals surface area contributed by atoms with Crippen molar-refractivity contribution in [2.24, 2.45) is 0 Å². The number of nitrogens with zero attached hydrogens (tertiary/aromatic N) is 3. The minimum atomic E-state index is -0.248. The molecule has 0 aliphatic carbocycles. The van der Waals surface area contributed by atoms with Gasteiger partial charge in [-0.15, -0.1) is 10.2 Å². The molecule has 4 rings (SSSR count). The van der Waals surface area contributed by atoms with Crippen molar-refractivity contribution >= 4 is 29.3 Å². The standard InChI is InChI=1S/C25H23N5O2S/c1-18-9-5-8-14-22(18)30-17-27-29-25(30)33-16-23(31)28-21-13-7-6-12-20(21)24(32)26-15-19-10-3-2-4-11-19/h2-14,17H,15-16H2,1H3,(H,26,32)(H,28,31). The number of rotatable bonds is 8. The van der Waals surface area contributed by atoms with Crippen LogP contribution in [0.25, 0.3) is 5.69 Å². The molecule has 1 aromatic heterocycles. The first-order valence-electron chi connectivity index (χ1n) is 10.4. The van der Waals surface area contributed by atoms with E-state index in [0.29, 0.717) is 23.0 Å².